The van der Waals surface area contributed by atoms with Crippen molar-refractivity contribution >= 4 is 0 Å². The topological polar surface area (TPSA) is 20.2 Å². The molecule has 1 nitrogen and oxygen atoms in total. The van der Waals surface area contributed by atoms with Gasteiger partial charge in [-0.2, -0.15) is 0 Å². The molecule has 0 spiro atoms. The molecule has 0 aromatic rings. The van der Waals surface area contributed by atoms with Crippen LogP contribution in [0.25, 0.3) is 0 Å². The Kier molecular flexibility index (Phi) is 2.64. The molecule has 0 aliphatic heterocycles. The van der Waals surface area contributed by atoms with E-state index in [9.17, 15) is 5.11 Å². The number of aliphatic hydroxyl groups is 1. The molecular formula is C19H26O. The standard InChI is InChI=1S/C19H26O/c1-18-9-3-4-16(18)15-6-5-13-12-14(20)7-11-19(13,2)17(15)8-10-18/h3,7,9,11-12,14-17,20H,4-6,8,10H2,1-2H3. The highest BCUT2D eigenvalue weighted by Gasteiger charge is 2.54. The van der Waals surface area contributed by atoms with E-state index in [0.29, 0.717) is 5.41 Å². The van der Waals surface area contributed by atoms with E-state index >= 15 is 0 Å². The highest BCUT2D eigenvalue weighted by Crippen LogP contribution is 2.62. The molecule has 1 heteroatoms. The minimum absolute atomic E-state index is 0.214. The highest BCUT2D eigenvalue weighted by atomic mass is 16.3. The predicted molar refractivity (Wildman–Crippen MR) is 82.1 cm³/mol. The smallest absolute Gasteiger partial charge is 0.0905 e. The van der Waals surface area contributed by atoms with E-state index in [1.54, 1.807) is 0 Å². The molecule has 2 saturated carbocycles. The third-order valence-electron chi connectivity index (χ3n) is 6.98. The molecule has 4 aliphatic rings. The van der Waals surface area contributed by atoms with Gasteiger partial charge < -0.3 is 5.11 Å². The number of hydrogen-bond donors (Lipinski definition) is 1. The van der Waals surface area contributed by atoms with E-state index in [-0.39, 0.29) is 11.5 Å². The van der Waals surface area contributed by atoms with Crippen LogP contribution in [-0.2, 0) is 0 Å². The second-order valence-electron chi connectivity index (χ2n) is 7.92. The lowest BCUT2D eigenvalue weighted by Gasteiger charge is -2.56. The Morgan fingerprint density at radius 2 is 2.00 bits per heavy atom. The van der Waals surface area contributed by atoms with Gasteiger partial charge in [0.05, 0.1) is 6.10 Å². The molecule has 0 radical (unpaired) electrons. The van der Waals surface area contributed by atoms with Gasteiger partial charge in [-0.25, -0.2) is 0 Å². The zero-order valence-electron chi connectivity index (χ0n) is 12.7. The fourth-order valence-electron chi connectivity index (χ4n) is 5.80. The van der Waals surface area contributed by atoms with Crippen molar-refractivity contribution in [1.82, 2.24) is 0 Å². The van der Waals surface area contributed by atoms with Crippen LogP contribution in [0.4, 0.5) is 0 Å². The summed E-state index contributed by atoms with van der Waals surface area (Å²) in [6.45, 7) is 4.90. The minimum atomic E-state index is -0.350. The van der Waals surface area contributed by atoms with Crippen molar-refractivity contribution in [2.45, 2.75) is 52.1 Å². The SMILES string of the molecule is CC12C=CCC1C1CCC3=CC(O)C=CC3(C)C1CC2. The van der Waals surface area contributed by atoms with E-state index in [4.69, 9.17) is 0 Å². The average Bonchev–Trinajstić information content (AvgIpc) is 2.81. The van der Waals surface area contributed by atoms with E-state index in [0.717, 1.165) is 17.8 Å². The van der Waals surface area contributed by atoms with Crippen molar-refractivity contribution in [2.75, 3.05) is 0 Å². The number of aliphatic hydroxyl groups excluding tert-OH is 1. The Labute approximate surface area is 122 Å². The fourth-order valence-corrected chi connectivity index (χ4v) is 5.80. The van der Waals surface area contributed by atoms with Gasteiger partial charge in [0.2, 0.25) is 0 Å². The first-order chi connectivity index (χ1) is 9.53. The summed E-state index contributed by atoms with van der Waals surface area (Å²) in [5.41, 5.74) is 2.19. The minimum Gasteiger partial charge on any atom is -0.385 e. The van der Waals surface area contributed by atoms with Crippen LogP contribution < -0.4 is 0 Å². The molecule has 0 bridgehead atoms. The van der Waals surface area contributed by atoms with E-state index < -0.39 is 0 Å². The molecule has 0 saturated heterocycles. The van der Waals surface area contributed by atoms with Crippen molar-refractivity contribution in [3.8, 4) is 0 Å². The maximum absolute atomic E-state index is 9.88. The zero-order valence-corrected chi connectivity index (χ0v) is 12.7. The maximum atomic E-state index is 9.88. The van der Waals surface area contributed by atoms with Crippen LogP contribution in [0.3, 0.4) is 0 Å². The van der Waals surface area contributed by atoms with Crippen LogP contribution in [0.15, 0.2) is 36.0 Å². The molecule has 4 rings (SSSR count). The van der Waals surface area contributed by atoms with Crippen LogP contribution in [0.5, 0.6) is 0 Å². The van der Waals surface area contributed by atoms with Crippen molar-refractivity contribution in [3.05, 3.63) is 36.0 Å². The first kappa shape index (κ1) is 12.9. The molecule has 20 heavy (non-hydrogen) atoms. The van der Waals surface area contributed by atoms with Gasteiger partial charge in [-0.3, -0.25) is 0 Å². The summed E-state index contributed by atoms with van der Waals surface area (Å²) < 4.78 is 0. The molecule has 0 heterocycles. The lowest BCUT2D eigenvalue weighted by molar-refractivity contribution is -0.00292. The third-order valence-corrected chi connectivity index (χ3v) is 6.98. The second-order valence-corrected chi connectivity index (χ2v) is 7.92. The summed E-state index contributed by atoms with van der Waals surface area (Å²) in [4.78, 5) is 0. The monoisotopic (exact) mass is 270 g/mol. The van der Waals surface area contributed by atoms with Gasteiger partial charge in [0.25, 0.3) is 0 Å². The van der Waals surface area contributed by atoms with Gasteiger partial charge in [-0.05, 0) is 55.3 Å². The molecule has 0 aromatic carbocycles. The van der Waals surface area contributed by atoms with Crippen molar-refractivity contribution in [1.29, 1.82) is 0 Å². The normalized spacial score (nSPS) is 53.0. The maximum Gasteiger partial charge on any atom is 0.0905 e. The third kappa shape index (κ3) is 1.59. The Bertz CT molecular complexity index is 514. The van der Waals surface area contributed by atoms with Gasteiger partial charge in [-0.15, -0.1) is 0 Å². The van der Waals surface area contributed by atoms with Crippen LogP contribution >= 0.6 is 0 Å². The second kappa shape index (κ2) is 4.10. The largest absolute Gasteiger partial charge is 0.385 e. The highest BCUT2D eigenvalue weighted by molar-refractivity contribution is 5.34. The Balaban J connectivity index is 1.70. The Morgan fingerprint density at radius 3 is 2.85 bits per heavy atom. The van der Waals surface area contributed by atoms with Gasteiger partial charge in [0.15, 0.2) is 0 Å². The van der Waals surface area contributed by atoms with Crippen LogP contribution in [0.2, 0.25) is 0 Å². The Morgan fingerprint density at radius 1 is 1.15 bits per heavy atom. The molecular weight excluding hydrogens is 244 g/mol. The summed E-state index contributed by atoms with van der Waals surface area (Å²) in [7, 11) is 0. The predicted octanol–water partition coefficient (Wildman–Crippen LogP) is 4.25. The van der Waals surface area contributed by atoms with Gasteiger partial charge >= 0.3 is 0 Å². The van der Waals surface area contributed by atoms with Gasteiger partial charge in [-0.1, -0.05) is 49.8 Å². The molecule has 1 N–H and O–H groups in total. The zero-order chi connectivity index (χ0) is 14.0. The van der Waals surface area contributed by atoms with Crippen LogP contribution in [0, 0.1) is 28.6 Å². The lowest BCUT2D eigenvalue weighted by Crippen LogP contribution is -2.48. The van der Waals surface area contributed by atoms with E-state index in [2.05, 4.69) is 38.2 Å². The Hall–Kier alpha value is -0.820. The molecule has 108 valence electrons. The van der Waals surface area contributed by atoms with Gasteiger partial charge in [0.1, 0.15) is 0 Å². The molecule has 0 aromatic heterocycles. The van der Waals surface area contributed by atoms with Crippen molar-refractivity contribution in [2.24, 2.45) is 28.6 Å². The number of rotatable bonds is 0. The molecule has 6 unspecified atom stereocenters. The fraction of sp³-hybridized carbons (Fsp3) is 0.684. The number of hydrogen-bond acceptors (Lipinski definition) is 1. The average molecular weight is 270 g/mol. The number of allylic oxidation sites excluding steroid dienone is 4. The van der Waals surface area contributed by atoms with Crippen molar-refractivity contribution in [3.63, 3.8) is 0 Å². The van der Waals surface area contributed by atoms with Crippen LogP contribution in [-0.4, -0.2) is 11.2 Å². The first-order valence-electron chi connectivity index (χ1n) is 8.29. The summed E-state index contributed by atoms with van der Waals surface area (Å²) >= 11 is 0. The van der Waals surface area contributed by atoms with Crippen LogP contribution in [0.1, 0.15) is 46.0 Å². The van der Waals surface area contributed by atoms with E-state index in [1.807, 2.05) is 6.08 Å². The summed E-state index contributed by atoms with van der Waals surface area (Å²) in [6, 6.07) is 0. The molecule has 2 fully saturated rings. The summed E-state index contributed by atoms with van der Waals surface area (Å²) in [5.74, 6) is 2.51. The first-order valence-corrected chi connectivity index (χ1v) is 8.29. The molecule has 4 aliphatic carbocycles. The summed E-state index contributed by atoms with van der Waals surface area (Å²) in [6.07, 6.45) is 17.5. The molecule has 6 atom stereocenters. The van der Waals surface area contributed by atoms with E-state index in [1.165, 1.54) is 37.7 Å². The van der Waals surface area contributed by atoms with Crippen molar-refractivity contribution < 1.29 is 5.11 Å². The quantitative estimate of drug-likeness (QED) is 0.652. The van der Waals surface area contributed by atoms with Gasteiger partial charge in [0, 0.05) is 5.41 Å². The molecule has 0 amide bonds. The summed E-state index contributed by atoms with van der Waals surface area (Å²) in [5, 5.41) is 9.88. The lowest BCUT2D eigenvalue weighted by atomic mass is 9.48. The number of fused-ring (bicyclic) bond motifs is 5.